The van der Waals surface area contributed by atoms with Crippen LogP contribution in [0.15, 0.2) is 18.2 Å². The molecule has 0 bridgehead atoms. The number of hydrogen-bond donors (Lipinski definition) is 3. The number of carbonyl (C=O) groups excluding carboxylic acids is 1. The van der Waals surface area contributed by atoms with Crippen LogP contribution in [0.4, 0.5) is 5.69 Å². The van der Waals surface area contributed by atoms with Crippen molar-refractivity contribution in [3.05, 3.63) is 29.3 Å². The number of anilines is 1. The molecule has 2 rings (SSSR count). The summed E-state index contributed by atoms with van der Waals surface area (Å²) in [6, 6.07) is 5.52. The van der Waals surface area contributed by atoms with Gasteiger partial charge in [0.05, 0.1) is 16.9 Å². The molecule has 1 aliphatic rings. The van der Waals surface area contributed by atoms with E-state index in [9.17, 15) is 4.79 Å². The highest BCUT2D eigenvalue weighted by Gasteiger charge is 2.30. The van der Waals surface area contributed by atoms with Gasteiger partial charge < -0.3 is 15.5 Å². The van der Waals surface area contributed by atoms with Gasteiger partial charge in [0.2, 0.25) is 0 Å². The van der Waals surface area contributed by atoms with Crippen molar-refractivity contribution >= 4 is 11.6 Å². The van der Waals surface area contributed by atoms with Crippen LogP contribution in [0.5, 0.6) is 0 Å². The van der Waals surface area contributed by atoms with Gasteiger partial charge in [-0.15, -0.1) is 0 Å². The predicted octanol–water partition coefficient (Wildman–Crippen LogP) is 1.58. The standard InChI is InChI=1S/C14H21N3O2/c1-10-4-5-11(12(8-10)17-15)13(18)16-9-14(2)6-3-7-19-14/h4-5,8,17H,3,6-7,9,15H2,1-2H3,(H,16,18). The zero-order valence-electron chi connectivity index (χ0n) is 11.5. The van der Waals surface area contributed by atoms with Crippen molar-refractivity contribution in [2.24, 2.45) is 5.84 Å². The van der Waals surface area contributed by atoms with Crippen LogP contribution in [0, 0.1) is 6.92 Å². The molecule has 1 heterocycles. The lowest BCUT2D eigenvalue weighted by atomic mass is 10.0. The first kappa shape index (κ1) is 13.8. The van der Waals surface area contributed by atoms with Crippen molar-refractivity contribution < 1.29 is 9.53 Å². The van der Waals surface area contributed by atoms with E-state index in [-0.39, 0.29) is 11.5 Å². The summed E-state index contributed by atoms with van der Waals surface area (Å²) < 4.78 is 5.65. The molecule has 0 spiro atoms. The lowest BCUT2D eigenvalue weighted by molar-refractivity contribution is 0.0206. The minimum absolute atomic E-state index is 0.135. The lowest BCUT2D eigenvalue weighted by Gasteiger charge is -2.23. The summed E-state index contributed by atoms with van der Waals surface area (Å²) in [5, 5.41) is 2.92. The van der Waals surface area contributed by atoms with Crippen LogP contribution >= 0.6 is 0 Å². The Morgan fingerprint density at radius 1 is 1.53 bits per heavy atom. The molecular formula is C14H21N3O2. The van der Waals surface area contributed by atoms with Gasteiger partial charge in [0.15, 0.2) is 0 Å². The van der Waals surface area contributed by atoms with Crippen LogP contribution in [0.25, 0.3) is 0 Å². The molecule has 0 aromatic heterocycles. The first-order valence-corrected chi connectivity index (χ1v) is 6.53. The maximum atomic E-state index is 12.2. The third kappa shape index (κ3) is 3.24. The molecule has 1 aromatic carbocycles. The van der Waals surface area contributed by atoms with E-state index in [1.165, 1.54) is 0 Å². The molecule has 0 saturated carbocycles. The number of hydrogen-bond acceptors (Lipinski definition) is 4. The minimum Gasteiger partial charge on any atom is -0.373 e. The van der Waals surface area contributed by atoms with Crippen molar-refractivity contribution in [2.45, 2.75) is 32.3 Å². The summed E-state index contributed by atoms with van der Waals surface area (Å²) in [6.45, 7) is 5.27. The van der Waals surface area contributed by atoms with Crippen molar-refractivity contribution in [1.82, 2.24) is 5.32 Å². The number of rotatable bonds is 4. The lowest BCUT2D eigenvalue weighted by Crippen LogP contribution is -2.40. The zero-order valence-corrected chi connectivity index (χ0v) is 11.5. The van der Waals surface area contributed by atoms with Gasteiger partial charge in [0.1, 0.15) is 0 Å². The normalized spacial score (nSPS) is 22.3. The SMILES string of the molecule is Cc1ccc(C(=O)NCC2(C)CCCO2)c(NN)c1. The fourth-order valence-electron chi connectivity index (χ4n) is 2.31. The highest BCUT2D eigenvalue weighted by Crippen LogP contribution is 2.24. The Labute approximate surface area is 113 Å². The summed E-state index contributed by atoms with van der Waals surface area (Å²) in [4.78, 5) is 12.2. The number of amides is 1. The van der Waals surface area contributed by atoms with Crippen LogP contribution in [0.2, 0.25) is 0 Å². The molecule has 1 fully saturated rings. The number of nitrogens with one attached hydrogen (secondary N) is 2. The molecule has 1 aliphatic heterocycles. The number of aryl methyl sites for hydroxylation is 1. The number of benzene rings is 1. The average molecular weight is 263 g/mol. The molecular weight excluding hydrogens is 242 g/mol. The van der Waals surface area contributed by atoms with E-state index in [0.29, 0.717) is 17.8 Å². The number of hydrazine groups is 1. The summed E-state index contributed by atoms with van der Waals surface area (Å²) in [6.07, 6.45) is 2.02. The molecule has 1 amide bonds. The van der Waals surface area contributed by atoms with Gasteiger partial charge in [-0.05, 0) is 44.4 Å². The van der Waals surface area contributed by atoms with Gasteiger partial charge >= 0.3 is 0 Å². The number of carbonyl (C=O) groups is 1. The summed E-state index contributed by atoms with van der Waals surface area (Å²) in [5.74, 6) is 5.31. The molecule has 19 heavy (non-hydrogen) atoms. The third-order valence-electron chi connectivity index (χ3n) is 3.50. The molecule has 1 aromatic rings. The topological polar surface area (TPSA) is 76.4 Å². The number of ether oxygens (including phenoxy) is 1. The van der Waals surface area contributed by atoms with Gasteiger partial charge in [-0.1, -0.05) is 6.07 Å². The first-order chi connectivity index (χ1) is 9.04. The van der Waals surface area contributed by atoms with E-state index in [0.717, 1.165) is 25.0 Å². The molecule has 1 atom stereocenters. The second-order valence-corrected chi connectivity index (χ2v) is 5.28. The maximum Gasteiger partial charge on any atom is 0.253 e. The maximum absolute atomic E-state index is 12.2. The first-order valence-electron chi connectivity index (χ1n) is 6.53. The van der Waals surface area contributed by atoms with Crippen LogP contribution < -0.4 is 16.6 Å². The van der Waals surface area contributed by atoms with E-state index in [1.807, 2.05) is 26.0 Å². The highest BCUT2D eigenvalue weighted by atomic mass is 16.5. The highest BCUT2D eigenvalue weighted by molar-refractivity contribution is 5.99. The minimum atomic E-state index is -0.239. The molecule has 1 unspecified atom stereocenters. The van der Waals surface area contributed by atoms with Gasteiger partial charge in [-0.25, -0.2) is 0 Å². The Morgan fingerprint density at radius 2 is 2.32 bits per heavy atom. The Hall–Kier alpha value is -1.59. The van der Waals surface area contributed by atoms with Crippen LogP contribution in [0.1, 0.15) is 35.7 Å². The monoisotopic (exact) mass is 263 g/mol. The summed E-state index contributed by atoms with van der Waals surface area (Å²) in [5.41, 5.74) is 4.56. The second kappa shape index (κ2) is 5.59. The second-order valence-electron chi connectivity index (χ2n) is 5.28. The fourth-order valence-corrected chi connectivity index (χ4v) is 2.31. The van der Waals surface area contributed by atoms with Crippen molar-refractivity contribution in [3.8, 4) is 0 Å². The molecule has 104 valence electrons. The fraction of sp³-hybridized carbons (Fsp3) is 0.500. The smallest absolute Gasteiger partial charge is 0.253 e. The van der Waals surface area contributed by atoms with Crippen LogP contribution in [-0.4, -0.2) is 24.7 Å². The Kier molecular flexibility index (Phi) is 4.07. The molecule has 5 nitrogen and oxygen atoms in total. The van der Waals surface area contributed by atoms with Gasteiger partial charge in [0.25, 0.3) is 5.91 Å². The molecule has 4 N–H and O–H groups in total. The Morgan fingerprint density at radius 3 is 2.95 bits per heavy atom. The van der Waals surface area contributed by atoms with Crippen molar-refractivity contribution in [3.63, 3.8) is 0 Å². The third-order valence-corrected chi connectivity index (χ3v) is 3.50. The zero-order chi connectivity index (χ0) is 13.9. The molecule has 0 radical (unpaired) electrons. The van der Waals surface area contributed by atoms with E-state index in [4.69, 9.17) is 10.6 Å². The van der Waals surface area contributed by atoms with E-state index in [1.54, 1.807) is 6.07 Å². The van der Waals surface area contributed by atoms with Gasteiger partial charge in [-0.3, -0.25) is 10.6 Å². The molecule has 1 saturated heterocycles. The van der Waals surface area contributed by atoms with Crippen molar-refractivity contribution in [1.29, 1.82) is 0 Å². The number of nitrogen functional groups attached to an aromatic ring is 1. The van der Waals surface area contributed by atoms with Gasteiger partial charge in [0, 0.05) is 13.2 Å². The predicted molar refractivity (Wildman–Crippen MR) is 74.9 cm³/mol. The Bertz CT molecular complexity index is 468. The quantitative estimate of drug-likeness (QED) is 0.569. The van der Waals surface area contributed by atoms with Crippen molar-refractivity contribution in [2.75, 3.05) is 18.6 Å². The van der Waals surface area contributed by atoms with Crippen LogP contribution in [0.3, 0.4) is 0 Å². The summed E-state index contributed by atoms with van der Waals surface area (Å²) >= 11 is 0. The van der Waals surface area contributed by atoms with Crippen LogP contribution in [-0.2, 0) is 4.74 Å². The number of nitrogens with two attached hydrogens (primary N) is 1. The van der Waals surface area contributed by atoms with E-state index >= 15 is 0 Å². The van der Waals surface area contributed by atoms with E-state index < -0.39 is 0 Å². The Balaban J connectivity index is 2.03. The molecule has 5 heteroatoms. The van der Waals surface area contributed by atoms with E-state index in [2.05, 4.69) is 10.7 Å². The molecule has 0 aliphatic carbocycles. The largest absolute Gasteiger partial charge is 0.373 e. The van der Waals surface area contributed by atoms with Gasteiger partial charge in [-0.2, -0.15) is 0 Å². The average Bonchev–Trinajstić information content (AvgIpc) is 2.83. The summed E-state index contributed by atoms with van der Waals surface area (Å²) in [7, 11) is 0.